The van der Waals surface area contributed by atoms with Crippen LogP contribution in [0.25, 0.3) is 0 Å². The van der Waals surface area contributed by atoms with Gasteiger partial charge in [-0.05, 0) is 37.9 Å². The second-order valence-electron chi connectivity index (χ2n) is 5.27. The van der Waals surface area contributed by atoms with E-state index in [1.54, 1.807) is 0 Å². The molecule has 0 aliphatic carbocycles. The Morgan fingerprint density at radius 2 is 2.11 bits per heavy atom. The van der Waals surface area contributed by atoms with Crippen molar-refractivity contribution in [2.45, 2.75) is 46.7 Å². The maximum Gasteiger partial charge on any atom is 0.0645 e. The summed E-state index contributed by atoms with van der Waals surface area (Å²) in [6.07, 6.45) is 3.31. The minimum Gasteiger partial charge on any atom is -0.379 e. The van der Waals surface area contributed by atoms with Crippen molar-refractivity contribution < 1.29 is 4.74 Å². The molecular weight excluding hydrogens is 224 g/mol. The quantitative estimate of drug-likeness (QED) is 0.683. The Labute approximate surface area is 112 Å². The van der Waals surface area contributed by atoms with Crippen LogP contribution in [0.5, 0.6) is 0 Å². The molecule has 0 saturated carbocycles. The van der Waals surface area contributed by atoms with Gasteiger partial charge in [0.05, 0.1) is 6.61 Å². The highest BCUT2D eigenvalue weighted by Gasteiger charge is 2.08. The summed E-state index contributed by atoms with van der Waals surface area (Å²) in [4.78, 5) is 0. The molecule has 1 aromatic rings. The highest BCUT2D eigenvalue weighted by atomic mass is 16.5. The van der Waals surface area contributed by atoms with E-state index >= 15 is 0 Å². The summed E-state index contributed by atoms with van der Waals surface area (Å²) >= 11 is 0. The van der Waals surface area contributed by atoms with Crippen LogP contribution in [0.3, 0.4) is 0 Å². The zero-order valence-electron chi connectivity index (χ0n) is 12.3. The van der Waals surface area contributed by atoms with Gasteiger partial charge in [0.15, 0.2) is 0 Å². The smallest absolute Gasteiger partial charge is 0.0645 e. The molecule has 0 aliphatic rings. The van der Waals surface area contributed by atoms with E-state index in [2.05, 4.69) is 55.9 Å². The van der Waals surface area contributed by atoms with Crippen LogP contribution in [-0.2, 0) is 11.3 Å². The van der Waals surface area contributed by atoms with Crippen molar-refractivity contribution in [2.75, 3.05) is 19.8 Å². The predicted molar refractivity (Wildman–Crippen MR) is 76.8 cm³/mol. The molecule has 0 aliphatic heterocycles. The summed E-state index contributed by atoms with van der Waals surface area (Å²) in [5.41, 5.74) is 1.34. The monoisotopic (exact) mass is 252 g/mol. The molecule has 1 atom stereocenters. The van der Waals surface area contributed by atoms with Gasteiger partial charge >= 0.3 is 0 Å². The van der Waals surface area contributed by atoms with Crippen LogP contribution in [0.4, 0.5) is 0 Å². The molecule has 104 valence electrons. The number of nitrogens with zero attached hydrogens (tertiary/aromatic N) is 1. The van der Waals surface area contributed by atoms with E-state index in [0.29, 0.717) is 12.0 Å². The average Bonchev–Trinajstić information content (AvgIpc) is 2.79. The van der Waals surface area contributed by atoms with Crippen LogP contribution in [0, 0.1) is 5.92 Å². The Hall–Kier alpha value is -0.800. The molecule has 0 saturated heterocycles. The van der Waals surface area contributed by atoms with E-state index in [-0.39, 0.29) is 0 Å². The molecule has 0 bridgehead atoms. The van der Waals surface area contributed by atoms with Crippen molar-refractivity contribution in [3.8, 4) is 0 Å². The average molecular weight is 252 g/mol. The van der Waals surface area contributed by atoms with Gasteiger partial charge in [0.2, 0.25) is 0 Å². The number of ether oxygens (including phenoxy) is 1. The summed E-state index contributed by atoms with van der Waals surface area (Å²) in [6.45, 7) is 12.4. The molecule has 0 spiro atoms. The van der Waals surface area contributed by atoms with Crippen LogP contribution in [0.2, 0.25) is 0 Å². The molecule has 18 heavy (non-hydrogen) atoms. The molecule has 1 heterocycles. The van der Waals surface area contributed by atoms with Gasteiger partial charge in [-0.25, -0.2) is 0 Å². The first-order chi connectivity index (χ1) is 8.65. The van der Waals surface area contributed by atoms with Gasteiger partial charge in [0.1, 0.15) is 0 Å². The first-order valence-corrected chi connectivity index (χ1v) is 7.11. The van der Waals surface area contributed by atoms with E-state index in [0.717, 1.165) is 26.3 Å². The third-order valence-corrected chi connectivity index (χ3v) is 2.94. The molecule has 0 amide bonds. The summed E-state index contributed by atoms with van der Waals surface area (Å²) in [7, 11) is 0. The SMILES string of the molecule is CCCNC(C)c1cccn1CCOCC(C)C. The van der Waals surface area contributed by atoms with E-state index in [1.807, 2.05) is 0 Å². The van der Waals surface area contributed by atoms with Crippen molar-refractivity contribution in [3.05, 3.63) is 24.0 Å². The molecule has 1 unspecified atom stereocenters. The zero-order valence-corrected chi connectivity index (χ0v) is 12.3. The Morgan fingerprint density at radius 3 is 2.78 bits per heavy atom. The summed E-state index contributed by atoms with van der Waals surface area (Å²) in [6, 6.07) is 4.71. The maximum atomic E-state index is 5.64. The first kappa shape index (κ1) is 15.3. The summed E-state index contributed by atoms with van der Waals surface area (Å²) < 4.78 is 7.93. The van der Waals surface area contributed by atoms with Gasteiger partial charge < -0.3 is 14.6 Å². The third-order valence-electron chi connectivity index (χ3n) is 2.94. The van der Waals surface area contributed by atoms with Crippen LogP contribution < -0.4 is 5.32 Å². The second kappa shape index (κ2) is 8.33. The molecule has 0 aromatic carbocycles. The molecule has 3 nitrogen and oxygen atoms in total. The second-order valence-corrected chi connectivity index (χ2v) is 5.27. The van der Waals surface area contributed by atoms with E-state index in [4.69, 9.17) is 4.74 Å². The number of hydrogen-bond acceptors (Lipinski definition) is 2. The third kappa shape index (κ3) is 5.23. The number of nitrogens with one attached hydrogen (secondary N) is 1. The lowest BCUT2D eigenvalue weighted by atomic mass is 10.2. The highest BCUT2D eigenvalue weighted by Crippen LogP contribution is 2.13. The van der Waals surface area contributed by atoms with Crippen molar-refractivity contribution in [2.24, 2.45) is 5.92 Å². The number of aromatic nitrogens is 1. The van der Waals surface area contributed by atoms with Crippen molar-refractivity contribution >= 4 is 0 Å². The van der Waals surface area contributed by atoms with Gasteiger partial charge in [-0.15, -0.1) is 0 Å². The van der Waals surface area contributed by atoms with Crippen molar-refractivity contribution in [1.29, 1.82) is 0 Å². The number of rotatable bonds is 9. The van der Waals surface area contributed by atoms with E-state index in [1.165, 1.54) is 12.1 Å². The highest BCUT2D eigenvalue weighted by molar-refractivity contribution is 5.11. The minimum absolute atomic E-state index is 0.407. The lowest BCUT2D eigenvalue weighted by Crippen LogP contribution is -2.22. The fourth-order valence-corrected chi connectivity index (χ4v) is 1.97. The van der Waals surface area contributed by atoms with Crippen LogP contribution >= 0.6 is 0 Å². The Bertz CT molecular complexity index is 320. The number of hydrogen-bond donors (Lipinski definition) is 1. The van der Waals surface area contributed by atoms with Gasteiger partial charge in [-0.3, -0.25) is 0 Å². The molecule has 1 rings (SSSR count). The van der Waals surface area contributed by atoms with Gasteiger partial charge in [-0.2, -0.15) is 0 Å². The van der Waals surface area contributed by atoms with Crippen LogP contribution in [-0.4, -0.2) is 24.3 Å². The Balaban J connectivity index is 2.39. The van der Waals surface area contributed by atoms with Gasteiger partial charge in [0.25, 0.3) is 0 Å². The lowest BCUT2D eigenvalue weighted by Gasteiger charge is -2.17. The topological polar surface area (TPSA) is 26.2 Å². The van der Waals surface area contributed by atoms with Gasteiger partial charge in [-0.1, -0.05) is 20.8 Å². The predicted octanol–water partition coefficient (Wildman–Crippen LogP) is 3.22. The maximum absolute atomic E-state index is 5.64. The van der Waals surface area contributed by atoms with E-state index < -0.39 is 0 Å². The molecule has 1 N–H and O–H groups in total. The van der Waals surface area contributed by atoms with Crippen molar-refractivity contribution in [3.63, 3.8) is 0 Å². The molecular formula is C15H28N2O. The zero-order chi connectivity index (χ0) is 13.4. The minimum atomic E-state index is 0.407. The fourth-order valence-electron chi connectivity index (χ4n) is 1.97. The standard InChI is InChI=1S/C15H28N2O/c1-5-8-16-14(4)15-7-6-9-17(15)10-11-18-12-13(2)3/h6-7,9,13-14,16H,5,8,10-12H2,1-4H3. The Morgan fingerprint density at radius 1 is 1.33 bits per heavy atom. The Kier molecular flexibility index (Phi) is 7.06. The molecule has 0 fully saturated rings. The lowest BCUT2D eigenvalue weighted by molar-refractivity contribution is 0.102. The fraction of sp³-hybridized carbons (Fsp3) is 0.733. The summed E-state index contributed by atoms with van der Waals surface area (Å²) in [5, 5.41) is 3.52. The van der Waals surface area contributed by atoms with Crippen LogP contribution in [0.15, 0.2) is 18.3 Å². The normalized spacial score (nSPS) is 13.2. The van der Waals surface area contributed by atoms with E-state index in [9.17, 15) is 0 Å². The largest absolute Gasteiger partial charge is 0.379 e. The summed E-state index contributed by atoms with van der Waals surface area (Å²) in [5.74, 6) is 0.610. The van der Waals surface area contributed by atoms with Gasteiger partial charge in [0, 0.05) is 31.1 Å². The first-order valence-electron chi connectivity index (χ1n) is 7.11. The molecule has 3 heteroatoms. The molecule has 1 aromatic heterocycles. The van der Waals surface area contributed by atoms with Crippen LogP contribution in [0.1, 0.15) is 45.9 Å². The molecule has 0 radical (unpaired) electrons. The van der Waals surface area contributed by atoms with Crippen molar-refractivity contribution in [1.82, 2.24) is 9.88 Å².